The molecule has 0 spiro atoms. The molecule has 2 aromatic carbocycles. The van der Waals surface area contributed by atoms with Gasteiger partial charge in [0.05, 0.1) is 12.6 Å². The van der Waals surface area contributed by atoms with E-state index in [1.807, 2.05) is 24.3 Å². The fraction of sp³-hybridized carbons (Fsp3) is 0.286. The highest BCUT2D eigenvalue weighted by atomic mass is 35.5. The summed E-state index contributed by atoms with van der Waals surface area (Å²) in [6, 6.07) is 14.2. The first kappa shape index (κ1) is 16.2. The molecular formula is C21H21ClN2O. The second-order valence-electron chi connectivity index (χ2n) is 6.49. The molecular weight excluding hydrogens is 332 g/mol. The van der Waals surface area contributed by atoms with Crippen molar-refractivity contribution in [3.63, 3.8) is 0 Å². The standard InChI is InChI=1S/C21H21ClN2O/c1-25-16-6-4-5-14(11-16)13-23-21-17-7-2-3-8-19(17)24-20-12-15(22)9-10-18(20)21/h4-6,9-12H,2-3,7-8,13H2,1H3,(H,23,24). The molecule has 0 amide bonds. The van der Waals surface area contributed by atoms with Crippen LogP contribution < -0.4 is 10.1 Å². The van der Waals surface area contributed by atoms with E-state index in [9.17, 15) is 0 Å². The number of hydrogen-bond acceptors (Lipinski definition) is 3. The number of aromatic nitrogens is 1. The average molecular weight is 353 g/mol. The third-order valence-electron chi connectivity index (χ3n) is 4.83. The molecule has 0 saturated heterocycles. The highest BCUT2D eigenvalue weighted by molar-refractivity contribution is 6.31. The highest BCUT2D eigenvalue weighted by Gasteiger charge is 2.18. The maximum atomic E-state index is 6.19. The molecule has 4 rings (SSSR count). The number of aryl methyl sites for hydroxylation is 1. The molecule has 0 atom stereocenters. The number of methoxy groups -OCH3 is 1. The Hall–Kier alpha value is -2.26. The molecule has 3 aromatic rings. The monoisotopic (exact) mass is 352 g/mol. The van der Waals surface area contributed by atoms with Gasteiger partial charge in [-0.2, -0.15) is 0 Å². The van der Waals surface area contributed by atoms with Crippen LogP contribution in [0.4, 0.5) is 5.69 Å². The number of nitrogens with zero attached hydrogens (tertiary/aromatic N) is 1. The molecule has 0 fully saturated rings. The van der Waals surface area contributed by atoms with Crippen molar-refractivity contribution in [3.05, 3.63) is 64.3 Å². The number of pyridine rings is 1. The van der Waals surface area contributed by atoms with Gasteiger partial charge in [0.1, 0.15) is 5.75 Å². The van der Waals surface area contributed by atoms with E-state index in [1.165, 1.54) is 35.3 Å². The van der Waals surface area contributed by atoms with E-state index < -0.39 is 0 Å². The van der Waals surface area contributed by atoms with Gasteiger partial charge < -0.3 is 10.1 Å². The van der Waals surface area contributed by atoms with Crippen LogP contribution in [0.2, 0.25) is 5.02 Å². The fourth-order valence-electron chi connectivity index (χ4n) is 3.57. The number of fused-ring (bicyclic) bond motifs is 2. The van der Waals surface area contributed by atoms with Gasteiger partial charge in [0.2, 0.25) is 0 Å². The van der Waals surface area contributed by atoms with Gasteiger partial charge in [0.15, 0.2) is 0 Å². The molecule has 1 aromatic heterocycles. The molecule has 1 N–H and O–H groups in total. The number of halogens is 1. The van der Waals surface area contributed by atoms with Crippen molar-refractivity contribution in [1.82, 2.24) is 4.98 Å². The van der Waals surface area contributed by atoms with E-state index in [0.717, 1.165) is 41.1 Å². The molecule has 0 aliphatic heterocycles. The topological polar surface area (TPSA) is 34.1 Å². The number of hydrogen-bond donors (Lipinski definition) is 1. The van der Waals surface area contributed by atoms with E-state index in [4.69, 9.17) is 21.3 Å². The van der Waals surface area contributed by atoms with Crippen molar-refractivity contribution in [2.75, 3.05) is 12.4 Å². The molecule has 4 heteroatoms. The molecule has 0 bridgehead atoms. The minimum atomic E-state index is 0.731. The van der Waals surface area contributed by atoms with Gasteiger partial charge in [-0.05, 0) is 67.1 Å². The van der Waals surface area contributed by atoms with Crippen molar-refractivity contribution < 1.29 is 4.74 Å². The van der Waals surface area contributed by atoms with Crippen LogP contribution in [0, 0.1) is 0 Å². The first-order valence-electron chi connectivity index (χ1n) is 8.72. The summed E-state index contributed by atoms with van der Waals surface area (Å²) in [5, 5.41) is 5.54. The summed E-state index contributed by atoms with van der Waals surface area (Å²) in [5.41, 5.74) is 5.96. The van der Waals surface area contributed by atoms with E-state index in [2.05, 4.69) is 23.5 Å². The van der Waals surface area contributed by atoms with Gasteiger partial charge in [-0.25, -0.2) is 0 Å². The Kier molecular flexibility index (Phi) is 4.50. The first-order valence-corrected chi connectivity index (χ1v) is 9.10. The molecule has 25 heavy (non-hydrogen) atoms. The fourth-order valence-corrected chi connectivity index (χ4v) is 3.74. The molecule has 0 unspecified atom stereocenters. The predicted molar refractivity (Wildman–Crippen MR) is 104 cm³/mol. The predicted octanol–water partition coefficient (Wildman–Crippen LogP) is 5.39. The van der Waals surface area contributed by atoms with Crippen LogP contribution >= 0.6 is 11.6 Å². The van der Waals surface area contributed by atoms with Gasteiger partial charge in [0, 0.05) is 28.3 Å². The first-order chi connectivity index (χ1) is 12.2. The zero-order valence-electron chi connectivity index (χ0n) is 14.3. The van der Waals surface area contributed by atoms with Gasteiger partial charge in [-0.3, -0.25) is 4.98 Å². The SMILES string of the molecule is COc1cccc(CNc2c3c(nc4cc(Cl)ccc24)CCCC3)c1. The smallest absolute Gasteiger partial charge is 0.119 e. The minimum Gasteiger partial charge on any atom is -0.497 e. The summed E-state index contributed by atoms with van der Waals surface area (Å²) in [6.45, 7) is 0.755. The quantitative estimate of drug-likeness (QED) is 0.683. The average Bonchev–Trinajstić information content (AvgIpc) is 2.65. The highest BCUT2D eigenvalue weighted by Crippen LogP contribution is 2.34. The Bertz CT molecular complexity index is 923. The van der Waals surface area contributed by atoms with Gasteiger partial charge in [0.25, 0.3) is 0 Å². The second-order valence-corrected chi connectivity index (χ2v) is 6.92. The molecule has 1 aliphatic rings. The van der Waals surface area contributed by atoms with Crippen LogP contribution in [0.1, 0.15) is 29.7 Å². The lowest BCUT2D eigenvalue weighted by Gasteiger charge is -2.22. The van der Waals surface area contributed by atoms with Gasteiger partial charge in [-0.1, -0.05) is 23.7 Å². The summed E-state index contributed by atoms with van der Waals surface area (Å²) >= 11 is 6.19. The number of nitrogens with one attached hydrogen (secondary N) is 1. The number of anilines is 1. The number of rotatable bonds is 4. The van der Waals surface area contributed by atoms with Crippen LogP contribution in [0.15, 0.2) is 42.5 Å². The Balaban J connectivity index is 1.74. The van der Waals surface area contributed by atoms with Crippen molar-refractivity contribution in [2.45, 2.75) is 32.2 Å². The third-order valence-corrected chi connectivity index (χ3v) is 5.06. The van der Waals surface area contributed by atoms with Crippen LogP contribution in [0.25, 0.3) is 10.9 Å². The summed E-state index contributed by atoms with van der Waals surface area (Å²) in [4.78, 5) is 4.88. The normalized spacial score (nSPS) is 13.5. The third kappa shape index (κ3) is 3.29. The number of benzene rings is 2. The van der Waals surface area contributed by atoms with Crippen molar-refractivity contribution in [1.29, 1.82) is 0 Å². The summed E-state index contributed by atoms with van der Waals surface area (Å²) < 4.78 is 5.33. The zero-order chi connectivity index (χ0) is 17.2. The lowest BCUT2D eigenvalue weighted by Crippen LogP contribution is -2.11. The minimum absolute atomic E-state index is 0.731. The Morgan fingerprint density at radius 3 is 2.88 bits per heavy atom. The number of ether oxygens (including phenoxy) is 1. The zero-order valence-corrected chi connectivity index (χ0v) is 15.1. The van der Waals surface area contributed by atoms with Crippen molar-refractivity contribution in [3.8, 4) is 5.75 Å². The lowest BCUT2D eigenvalue weighted by molar-refractivity contribution is 0.414. The molecule has 128 valence electrons. The summed E-state index contributed by atoms with van der Waals surface area (Å²) in [5.74, 6) is 0.882. The summed E-state index contributed by atoms with van der Waals surface area (Å²) in [6.07, 6.45) is 4.57. The molecule has 1 aliphatic carbocycles. The second kappa shape index (κ2) is 6.93. The maximum absolute atomic E-state index is 6.19. The van der Waals surface area contributed by atoms with Crippen LogP contribution in [0.5, 0.6) is 5.75 Å². The molecule has 1 heterocycles. The molecule has 0 radical (unpaired) electrons. The van der Waals surface area contributed by atoms with E-state index in [-0.39, 0.29) is 0 Å². The van der Waals surface area contributed by atoms with Crippen molar-refractivity contribution >= 4 is 28.2 Å². The van der Waals surface area contributed by atoms with Gasteiger partial charge in [-0.15, -0.1) is 0 Å². The van der Waals surface area contributed by atoms with Crippen molar-refractivity contribution in [2.24, 2.45) is 0 Å². The summed E-state index contributed by atoms with van der Waals surface area (Å²) in [7, 11) is 1.70. The Morgan fingerprint density at radius 2 is 2.00 bits per heavy atom. The molecule has 0 saturated carbocycles. The largest absolute Gasteiger partial charge is 0.497 e. The molecule has 3 nitrogen and oxygen atoms in total. The van der Waals surface area contributed by atoms with E-state index in [0.29, 0.717) is 0 Å². The van der Waals surface area contributed by atoms with Crippen LogP contribution in [0.3, 0.4) is 0 Å². The van der Waals surface area contributed by atoms with Gasteiger partial charge >= 0.3 is 0 Å². The lowest BCUT2D eigenvalue weighted by atomic mass is 9.92. The van der Waals surface area contributed by atoms with E-state index >= 15 is 0 Å². The Morgan fingerprint density at radius 1 is 1.12 bits per heavy atom. The Labute approximate surface area is 153 Å². The maximum Gasteiger partial charge on any atom is 0.119 e. The van der Waals surface area contributed by atoms with Crippen LogP contribution in [-0.4, -0.2) is 12.1 Å². The van der Waals surface area contributed by atoms with Crippen LogP contribution in [-0.2, 0) is 19.4 Å². The van der Waals surface area contributed by atoms with E-state index in [1.54, 1.807) is 7.11 Å².